The number of hydrogen-bond donors (Lipinski definition) is 1. The largest absolute Gasteiger partial charge is 0.493 e. The molecule has 12 heteroatoms. The minimum atomic E-state index is -0.293. The molecule has 5 aromatic rings. The summed E-state index contributed by atoms with van der Waals surface area (Å²) in [5.74, 6) is 2.94. The van der Waals surface area contributed by atoms with E-state index < -0.39 is 0 Å². The van der Waals surface area contributed by atoms with Gasteiger partial charge in [0.1, 0.15) is 23.9 Å². The van der Waals surface area contributed by atoms with Crippen molar-refractivity contribution in [3.63, 3.8) is 0 Å². The van der Waals surface area contributed by atoms with Gasteiger partial charge in [0.25, 0.3) is 5.91 Å². The van der Waals surface area contributed by atoms with Gasteiger partial charge in [-0.1, -0.05) is 24.3 Å². The molecule has 0 aliphatic carbocycles. The van der Waals surface area contributed by atoms with Crippen LogP contribution in [0.2, 0.25) is 0 Å². The van der Waals surface area contributed by atoms with Crippen LogP contribution in [0, 0.1) is 5.82 Å². The number of imidazole rings is 1. The summed E-state index contributed by atoms with van der Waals surface area (Å²) < 4.78 is 38.4. The molecule has 0 saturated carbocycles. The van der Waals surface area contributed by atoms with E-state index in [2.05, 4.69) is 20.4 Å². The number of amides is 1. The summed E-state index contributed by atoms with van der Waals surface area (Å²) >= 11 is 0. The lowest BCUT2D eigenvalue weighted by atomic mass is 9.94. The van der Waals surface area contributed by atoms with Crippen molar-refractivity contribution in [2.24, 2.45) is 0 Å². The second kappa shape index (κ2) is 16.3. The zero-order valence-electron chi connectivity index (χ0n) is 29.7. The van der Waals surface area contributed by atoms with E-state index in [1.165, 1.54) is 33.5 Å². The number of hydrogen-bond acceptors (Lipinski definition) is 9. The molecule has 1 aliphatic heterocycles. The molecule has 0 spiro atoms. The fraction of sp³-hybridized carbons (Fsp3) is 0.385. The Hall–Kier alpha value is -5.07. The summed E-state index contributed by atoms with van der Waals surface area (Å²) in [7, 11) is 6.35. The summed E-state index contributed by atoms with van der Waals surface area (Å²) in [6.45, 7) is 5.04. The van der Waals surface area contributed by atoms with Gasteiger partial charge in [0.05, 0.1) is 38.9 Å². The first-order valence-electron chi connectivity index (χ1n) is 17.2. The Morgan fingerprint density at radius 3 is 2.35 bits per heavy atom. The van der Waals surface area contributed by atoms with Gasteiger partial charge in [-0.25, -0.2) is 9.37 Å². The van der Waals surface area contributed by atoms with Gasteiger partial charge >= 0.3 is 0 Å². The molecule has 6 rings (SSSR count). The first-order chi connectivity index (χ1) is 24.8. The monoisotopic (exact) mass is 699 g/mol. The van der Waals surface area contributed by atoms with E-state index >= 15 is 0 Å². The molecule has 3 aromatic carbocycles. The van der Waals surface area contributed by atoms with E-state index in [1.807, 2.05) is 36.4 Å². The Balaban J connectivity index is 1.15. The summed E-state index contributed by atoms with van der Waals surface area (Å²) in [4.78, 5) is 25.3. The van der Waals surface area contributed by atoms with Gasteiger partial charge in [-0.2, -0.15) is 0 Å². The average molecular weight is 700 g/mol. The van der Waals surface area contributed by atoms with Crippen LogP contribution in [0.5, 0.6) is 17.2 Å². The van der Waals surface area contributed by atoms with Crippen molar-refractivity contribution in [2.75, 3.05) is 72.5 Å². The quantitative estimate of drug-likeness (QED) is 0.154. The van der Waals surface area contributed by atoms with Crippen LogP contribution in [-0.4, -0.2) is 98.0 Å². The highest BCUT2D eigenvalue weighted by atomic mass is 19.1. The third-order valence-electron chi connectivity index (χ3n) is 9.58. The number of aliphatic hydroxyl groups excluding tert-OH is 1. The number of furan rings is 1. The molecular formula is C39H46FN5O6. The van der Waals surface area contributed by atoms with Crippen molar-refractivity contribution in [3.05, 3.63) is 101 Å². The van der Waals surface area contributed by atoms with E-state index in [0.29, 0.717) is 41.7 Å². The van der Waals surface area contributed by atoms with Crippen molar-refractivity contribution in [3.8, 4) is 17.2 Å². The molecule has 0 bridgehead atoms. The first-order valence-corrected chi connectivity index (χ1v) is 17.2. The fourth-order valence-corrected chi connectivity index (χ4v) is 6.88. The predicted octanol–water partition coefficient (Wildman–Crippen LogP) is 5.79. The van der Waals surface area contributed by atoms with Gasteiger partial charge in [-0.15, -0.1) is 0 Å². The number of carbonyl (C=O) groups is 1. The molecule has 1 aliphatic rings. The van der Waals surface area contributed by atoms with Gasteiger partial charge < -0.3 is 43.0 Å². The second-order valence-corrected chi connectivity index (χ2v) is 12.8. The zero-order valence-corrected chi connectivity index (χ0v) is 29.7. The highest BCUT2D eigenvalue weighted by Crippen LogP contribution is 2.38. The Bertz CT molecular complexity index is 1900. The molecule has 11 nitrogen and oxygen atoms in total. The summed E-state index contributed by atoms with van der Waals surface area (Å²) in [6, 6.07) is 21.7. The summed E-state index contributed by atoms with van der Waals surface area (Å²) in [6.07, 6.45) is 1.74. The number of likely N-dealkylation sites (N-methyl/N-ethyl adjacent to an activating group) is 1. The maximum Gasteiger partial charge on any atom is 0.253 e. The number of aromatic nitrogens is 2. The van der Waals surface area contributed by atoms with Gasteiger partial charge in [0, 0.05) is 44.7 Å². The minimum Gasteiger partial charge on any atom is -0.493 e. The van der Waals surface area contributed by atoms with Crippen molar-refractivity contribution in [1.82, 2.24) is 19.4 Å². The lowest BCUT2D eigenvalue weighted by molar-refractivity contribution is 0.0782. The number of ether oxygens (including phenoxy) is 3. The Morgan fingerprint density at radius 1 is 0.941 bits per heavy atom. The van der Waals surface area contributed by atoms with Gasteiger partial charge in [-0.05, 0) is 80.0 Å². The van der Waals surface area contributed by atoms with Crippen LogP contribution in [0.25, 0.3) is 11.0 Å². The number of benzene rings is 3. The number of halogens is 1. The maximum absolute atomic E-state index is 14.0. The van der Waals surface area contributed by atoms with Crippen LogP contribution in [0.1, 0.15) is 46.2 Å². The van der Waals surface area contributed by atoms with Crippen molar-refractivity contribution < 1.29 is 32.9 Å². The molecule has 1 amide bonds. The lowest BCUT2D eigenvalue weighted by Gasteiger charge is -2.28. The third kappa shape index (κ3) is 8.13. The number of fused-ring (bicyclic) bond motifs is 1. The van der Waals surface area contributed by atoms with Gasteiger partial charge in [0.15, 0.2) is 11.5 Å². The summed E-state index contributed by atoms with van der Waals surface area (Å²) in [5, 5.41) is 9.51. The van der Waals surface area contributed by atoms with Crippen LogP contribution >= 0.6 is 0 Å². The number of para-hydroxylation sites is 2. The molecular weight excluding hydrogens is 653 g/mol. The van der Waals surface area contributed by atoms with Crippen LogP contribution < -0.4 is 19.1 Å². The average Bonchev–Trinajstić information content (AvgIpc) is 3.69. The molecule has 3 heterocycles. The van der Waals surface area contributed by atoms with Gasteiger partial charge in [-0.3, -0.25) is 4.79 Å². The number of methoxy groups -OCH3 is 3. The van der Waals surface area contributed by atoms with Crippen molar-refractivity contribution >= 4 is 22.9 Å². The highest BCUT2D eigenvalue weighted by molar-refractivity contribution is 5.95. The van der Waals surface area contributed by atoms with Crippen molar-refractivity contribution in [1.29, 1.82) is 0 Å². The number of rotatable bonds is 14. The number of carbonyl (C=O) groups excluding carboxylic acids is 1. The normalized spacial score (nSPS) is 14.4. The highest BCUT2D eigenvalue weighted by Gasteiger charge is 2.25. The molecule has 1 saturated heterocycles. The lowest BCUT2D eigenvalue weighted by Crippen LogP contribution is -2.35. The van der Waals surface area contributed by atoms with Crippen molar-refractivity contribution in [2.45, 2.75) is 31.9 Å². The van der Waals surface area contributed by atoms with E-state index in [0.717, 1.165) is 73.9 Å². The SMILES string of the molecule is COc1cc(C(=O)N(C)C[C@@H](CCN2CCCN(c3nc4ccccc4n3Cc3ccc(CO)o3)CC2)c2ccc(F)cc2)cc(OC)c1OC. The first kappa shape index (κ1) is 35.7. The summed E-state index contributed by atoms with van der Waals surface area (Å²) in [5.41, 5.74) is 3.36. The fourth-order valence-electron chi connectivity index (χ4n) is 6.88. The minimum absolute atomic E-state index is 0.0257. The molecule has 0 radical (unpaired) electrons. The van der Waals surface area contributed by atoms with E-state index in [4.69, 9.17) is 23.6 Å². The Morgan fingerprint density at radius 2 is 1.67 bits per heavy atom. The number of aliphatic hydroxyl groups is 1. The standard InChI is InChI=1S/C39H46FN5O6/c1-42(38(47)29-22-35(48-2)37(50-4)36(23-29)49-3)24-28(27-10-12-30(40)13-11-27)16-19-43-17-7-18-44(21-20-43)39-41-33-8-5-6-9-34(33)45(39)25-31-14-15-32(26-46)51-31/h5-6,8-15,22-23,28,46H,7,16-21,24-26H2,1-4H3/t28-/m1/s1. The number of nitrogens with zero attached hydrogens (tertiary/aromatic N) is 5. The number of anilines is 1. The van der Waals surface area contributed by atoms with E-state index in [-0.39, 0.29) is 24.2 Å². The third-order valence-corrected chi connectivity index (χ3v) is 9.58. The molecule has 1 N–H and O–H groups in total. The van der Waals surface area contributed by atoms with E-state index in [9.17, 15) is 14.3 Å². The Labute approximate surface area is 297 Å². The molecule has 2 aromatic heterocycles. The maximum atomic E-state index is 14.0. The van der Waals surface area contributed by atoms with Crippen LogP contribution in [0.3, 0.4) is 0 Å². The molecule has 1 fully saturated rings. The Kier molecular flexibility index (Phi) is 11.4. The molecule has 0 unspecified atom stereocenters. The van der Waals surface area contributed by atoms with Crippen LogP contribution in [0.4, 0.5) is 10.3 Å². The van der Waals surface area contributed by atoms with Crippen LogP contribution in [0.15, 0.2) is 77.2 Å². The van der Waals surface area contributed by atoms with E-state index in [1.54, 1.807) is 30.1 Å². The zero-order chi connectivity index (χ0) is 35.9. The second-order valence-electron chi connectivity index (χ2n) is 12.8. The molecule has 51 heavy (non-hydrogen) atoms. The molecule has 270 valence electrons. The smallest absolute Gasteiger partial charge is 0.253 e. The van der Waals surface area contributed by atoms with Gasteiger partial charge in [0.2, 0.25) is 11.7 Å². The topological polar surface area (TPSA) is 106 Å². The van der Waals surface area contributed by atoms with Crippen LogP contribution in [-0.2, 0) is 13.2 Å². The molecule has 1 atom stereocenters. The predicted molar refractivity (Wildman–Crippen MR) is 194 cm³/mol.